The Morgan fingerprint density at radius 1 is 1.43 bits per heavy atom. The number of anilines is 1. The molecule has 1 aromatic rings. The normalized spacial score (nSPS) is 21.3. The Balaban J connectivity index is 2.35. The number of carbonyl (C=O) groups is 1. The van der Waals surface area contributed by atoms with Gasteiger partial charge in [0.15, 0.2) is 5.82 Å². The second kappa shape index (κ2) is 3.17. The summed E-state index contributed by atoms with van der Waals surface area (Å²) in [5.74, 6) is 0.265. The molecule has 2 heterocycles. The van der Waals surface area contributed by atoms with Crippen LogP contribution in [-0.4, -0.2) is 21.6 Å². The third-order valence-electron chi connectivity index (χ3n) is 2.23. The topological polar surface area (TPSA) is 58.5 Å². The van der Waals surface area contributed by atoms with Crippen LogP contribution in [0.1, 0.15) is 13.8 Å². The van der Waals surface area contributed by atoms with Gasteiger partial charge in [-0.2, -0.15) is 10.1 Å². The van der Waals surface area contributed by atoms with Gasteiger partial charge in [-0.3, -0.25) is 9.78 Å². The molecule has 2 rings (SSSR count). The van der Waals surface area contributed by atoms with E-state index in [9.17, 15) is 4.79 Å². The summed E-state index contributed by atoms with van der Waals surface area (Å²) in [6.07, 6.45) is 4.62. The first-order valence-corrected chi connectivity index (χ1v) is 4.35. The van der Waals surface area contributed by atoms with Gasteiger partial charge in [0, 0.05) is 18.1 Å². The molecule has 0 aromatic carbocycles. The van der Waals surface area contributed by atoms with Gasteiger partial charge in [-0.05, 0) is 13.8 Å². The van der Waals surface area contributed by atoms with Crippen LogP contribution in [0.5, 0.6) is 0 Å². The summed E-state index contributed by atoms with van der Waals surface area (Å²) in [5, 5.41) is 5.42. The molecule has 0 bridgehead atoms. The van der Waals surface area contributed by atoms with Crippen LogP contribution in [0.2, 0.25) is 0 Å². The van der Waals surface area contributed by atoms with Crippen LogP contribution in [-0.2, 0) is 4.79 Å². The Labute approximate surface area is 81.5 Å². The molecule has 1 aliphatic rings. The maximum atomic E-state index is 11.7. The fourth-order valence-corrected chi connectivity index (χ4v) is 1.22. The summed E-state index contributed by atoms with van der Waals surface area (Å²) < 4.78 is 0. The van der Waals surface area contributed by atoms with E-state index in [1.807, 2.05) is 13.8 Å². The number of hydrogen-bond acceptors (Lipinski definition) is 4. The van der Waals surface area contributed by atoms with Gasteiger partial charge < -0.3 is 0 Å². The van der Waals surface area contributed by atoms with E-state index in [1.165, 1.54) is 17.4 Å². The van der Waals surface area contributed by atoms with Crippen LogP contribution in [0.25, 0.3) is 0 Å². The van der Waals surface area contributed by atoms with Crippen molar-refractivity contribution in [1.29, 1.82) is 0 Å². The van der Waals surface area contributed by atoms with Gasteiger partial charge in [0.1, 0.15) is 0 Å². The predicted octanol–water partition coefficient (Wildman–Crippen LogP) is 0.835. The van der Waals surface area contributed by atoms with Gasteiger partial charge >= 0.3 is 0 Å². The first kappa shape index (κ1) is 8.80. The molecule has 0 radical (unpaired) electrons. The summed E-state index contributed by atoms with van der Waals surface area (Å²) in [6, 6.07) is 0. The van der Waals surface area contributed by atoms with Crippen molar-refractivity contribution in [3.63, 3.8) is 0 Å². The lowest BCUT2D eigenvalue weighted by molar-refractivity contribution is -0.119. The maximum absolute atomic E-state index is 11.7. The van der Waals surface area contributed by atoms with Crippen molar-refractivity contribution in [2.24, 2.45) is 11.0 Å². The third kappa shape index (κ3) is 1.26. The van der Waals surface area contributed by atoms with Crippen LogP contribution >= 0.6 is 0 Å². The summed E-state index contributed by atoms with van der Waals surface area (Å²) in [7, 11) is 0. The van der Waals surface area contributed by atoms with Gasteiger partial charge in [0.2, 0.25) is 0 Å². The molecule has 14 heavy (non-hydrogen) atoms. The summed E-state index contributed by atoms with van der Waals surface area (Å²) in [6.45, 7) is 3.66. The lowest BCUT2D eigenvalue weighted by atomic mass is 10.1. The Hall–Kier alpha value is -1.78. The molecule has 1 amide bonds. The summed E-state index contributed by atoms with van der Waals surface area (Å²) in [5.41, 5.74) is 0.806. The van der Waals surface area contributed by atoms with E-state index in [-0.39, 0.29) is 11.8 Å². The van der Waals surface area contributed by atoms with E-state index in [1.54, 1.807) is 6.20 Å². The van der Waals surface area contributed by atoms with E-state index in [4.69, 9.17) is 0 Å². The molecule has 72 valence electrons. The second-order valence-electron chi connectivity index (χ2n) is 3.18. The number of rotatable bonds is 1. The zero-order valence-electron chi connectivity index (χ0n) is 8.01. The average Bonchev–Trinajstić information content (AvgIpc) is 2.47. The summed E-state index contributed by atoms with van der Waals surface area (Å²) in [4.78, 5) is 19.6. The number of hydrazone groups is 1. The van der Waals surface area contributed by atoms with Crippen LogP contribution in [0.15, 0.2) is 23.7 Å². The molecule has 0 saturated heterocycles. The van der Waals surface area contributed by atoms with E-state index in [0.29, 0.717) is 5.82 Å². The lowest BCUT2D eigenvalue weighted by Crippen LogP contribution is -2.25. The van der Waals surface area contributed by atoms with Crippen molar-refractivity contribution in [1.82, 2.24) is 9.97 Å². The van der Waals surface area contributed by atoms with Gasteiger partial charge in [-0.25, -0.2) is 4.98 Å². The smallest absolute Gasteiger partial charge is 0.257 e. The third-order valence-corrected chi connectivity index (χ3v) is 2.23. The Bertz CT molecular complexity index is 387. The summed E-state index contributed by atoms with van der Waals surface area (Å²) >= 11 is 0. The molecule has 5 heteroatoms. The molecule has 0 saturated carbocycles. The van der Waals surface area contributed by atoms with E-state index < -0.39 is 0 Å². The van der Waals surface area contributed by atoms with E-state index in [2.05, 4.69) is 15.1 Å². The van der Waals surface area contributed by atoms with Crippen LogP contribution in [0.3, 0.4) is 0 Å². The minimum absolute atomic E-state index is 0.0528. The first-order valence-electron chi connectivity index (χ1n) is 4.35. The van der Waals surface area contributed by atoms with Crippen LogP contribution in [0.4, 0.5) is 5.82 Å². The minimum Gasteiger partial charge on any atom is -0.272 e. The highest BCUT2D eigenvalue weighted by atomic mass is 16.2. The SMILES string of the molecule is CC1=NN(c2cnccn2)C(=O)C1C. The van der Waals surface area contributed by atoms with Gasteiger partial charge in [-0.15, -0.1) is 0 Å². The van der Waals surface area contributed by atoms with Crippen molar-refractivity contribution in [3.8, 4) is 0 Å². The Kier molecular flexibility index (Phi) is 1.99. The fourth-order valence-electron chi connectivity index (χ4n) is 1.22. The van der Waals surface area contributed by atoms with Crippen molar-refractivity contribution in [2.75, 3.05) is 5.01 Å². The minimum atomic E-state index is -0.156. The molecule has 1 aromatic heterocycles. The zero-order valence-corrected chi connectivity index (χ0v) is 8.01. The molecule has 1 aliphatic heterocycles. The highest BCUT2D eigenvalue weighted by Crippen LogP contribution is 2.20. The standard InChI is InChI=1S/C9H10N4O/c1-6-7(2)12-13(9(6)14)8-5-10-3-4-11-8/h3-6H,1-2H3. The maximum Gasteiger partial charge on any atom is 0.257 e. The number of amides is 1. The quantitative estimate of drug-likeness (QED) is 0.659. The average molecular weight is 190 g/mol. The van der Waals surface area contributed by atoms with Crippen LogP contribution < -0.4 is 5.01 Å². The second-order valence-corrected chi connectivity index (χ2v) is 3.18. The first-order chi connectivity index (χ1) is 6.70. The lowest BCUT2D eigenvalue weighted by Gasteiger charge is -2.09. The predicted molar refractivity (Wildman–Crippen MR) is 51.8 cm³/mol. The van der Waals surface area contributed by atoms with Crippen LogP contribution in [0, 0.1) is 5.92 Å². The zero-order chi connectivity index (χ0) is 10.1. The number of hydrogen-bond donors (Lipinski definition) is 0. The number of carbonyl (C=O) groups excluding carboxylic acids is 1. The van der Waals surface area contributed by atoms with Crippen molar-refractivity contribution < 1.29 is 4.79 Å². The van der Waals surface area contributed by atoms with Crippen molar-refractivity contribution >= 4 is 17.4 Å². The van der Waals surface area contributed by atoms with Crippen molar-refractivity contribution in [3.05, 3.63) is 18.6 Å². The molecule has 0 N–H and O–H groups in total. The molecule has 1 unspecified atom stereocenters. The molecular weight excluding hydrogens is 180 g/mol. The molecular formula is C9H10N4O. The molecule has 0 aliphatic carbocycles. The molecule has 0 spiro atoms. The monoisotopic (exact) mass is 190 g/mol. The van der Waals surface area contributed by atoms with Gasteiger partial charge in [0.05, 0.1) is 12.1 Å². The molecule has 5 nitrogen and oxygen atoms in total. The largest absolute Gasteiger partial charge is 0.272 e. The van der Waals surface area contributed by atoms with Crippen molar-refractivity contribution in [2.45, 2.75) is 13.8 Å². The Morgan fingerprint density at radius 2 is 2.21 bits per heavy atom. The highest BCUT2D eigenvalue weighted by molar-refractivity contribution is 6.14. The Morgan fingerprint density at radius 3 is 2.71 bits per heavy atom. The highest BCUT2D eigenvalue weighted by Gasteiger charge is 2.31. The fraction of sp³-hybridized carbons (Fsp3) is 0.333. The molecule has 1 atom stereocenters. The number of aromatic nitrogens is 2. The number of nitrogens with zero attached hydrogens (tertiary/aromatic N) is 4. The van der Waals surface area contributed by atoms with Gasteiger partial charge in [0.25, 0.3) is 5.91 Å². The van der Waals surface area contributed by atoms with Gasteiger partial charge in [-0.1, -0.05) is 0 Å². The molecule has 0 fully saturated rings. The van der Waals surface area contributed by atoms with E-state index in [0.717, 1.165) is 5.71 Å². The van der Waals surface area contributed by atoms with E-state index >= 15 is 0 Å².